The Bertz CT molecular complexity index is 557. The van der Waals surface area contributed by atoms with E-state index in [0.717, 1.165) is 25.1 Å². The van der Waals surface area contributed by atoms with E-state index in [-0.39, 0.29) is 12.1 Å². The standard InChI is InChI=1S/C19H26N2O2/c1-21(14-17-13-16-9-5-6-10-18(16)23-17)19(22)20-12-11-15-7-3-2-4-8-15/h5-7,9-10,17H,2-4,8,11-14H2,1H3,(H,20,22)/t17-/m0/s1. The van der Waals surface area contributed by atoms with Gasteiger partial charge in [0, 0.05) is 20.0 Å². The molecule has 0 radical (unpaired) electrons. The highest BCUT2D eigenvalue weighted by Gasteiger charge is 2.24. The molecule has 2 amide bonds. The Morgan fingerprint density at radius 2 is 2.22 bits per heavy atom. The fourth-order valence-electron chi connectivity index (χ4n) is 3.34. The van der Waals surface area contributed by atoms with E-state index in [1.165, 1.54) is 36.8 Å². The first kappa shape index (κ1) is 15.9. The molecule has 1 atom stereocenters. The van der Waals surface area contributed by atoms with Crippen molar-refractivity contribution in [2.45, 2.75) is 44.6 Å². The highest BCUT2D eigenvalue weighted by Crippen LogP contribution is 2.28. The molecule has 23 heavy (non-hydrogen) atoms. The van der Waals surface area contributed by atoms with E-state index in [0.29, 0.717) is 6.54 Å². The smallest absolute Gasteiger partial charge is 0.317 e. The molecule has 0 saturated carbocycles. The monoisotopic (exact) mass is 314 g/mol. The van der Waals surface area contributed by atoms with Gasteiger partial charge >= 0.3 is 6.03 Å². The molecule has 2 aliphatic rings. The van der Waals surface area contributed by atoms with Crippen LogP contribution in [0.15, 0.2) is 35.9 Å². The number of para-hydroxylation sites is 1. The van der Waals surface area contributed by atoms with Gasteiger partial charge in [-0.3, -0.25) is 0 Å². The van der Waals surface area contributed by atoms with E-state index < -0.39 is 0 Å². The van der Waals surface area contributed by atoms with Crippen LogP contribution in [-0.4, -0.2) is 37.2 Å². The average molecular weight is 314 g/mol. The number of carbonyl (C=O) groups excluding carboxylic acids is 1. The average Bonchev–Trinajstić information content (AvgIpc) is 2.98. The SMILES string of the molecule is CN(C[C@@H]1Cc2ccccc2O1)C(=O)NCCC1=CCCCC1. The predicted octanol–water partition coefficient (Wildman–Crippen LogP) is 3.52. The third-order valence-corrected chi connectivity index (χ3v) is 4.65. The first-order valence-electron chi connectivity index (χ1n) is 8.64. The number of nitrogens with zero attached hydrogens (tertiary/aromatic N) is 1. The summed E-state index contributed by atoms with van der Waals surface area (Å²) in [5.41, 5.74) is 2.73. The Morgan fingerprint density at radius 1 is 1.35 bits per heavy atom. The van der Waals surface area contributed by atoms with Crippen molar-refractivity contribution in [3.63, 3.8) is 0 Å². The van der Waals surface area contributed by atoms with Crippen LogP contribution in [-0.2, 0) is 6.42 Å². The van der Waals surface area contributed by atoms with Crippen molar-refractivity contribution in [2.75, 3.05) is 20.1 Å². The van der Waals surface area contributed by atoms with Crippen LogP contribution >= 0.6 is 0 Å². The number of urea groups is 1. The molecule has 1 aromatic rings. The van der Waals surface area contributed by atoms with E-state index >= 15 is 0 Å². The van der Waals surface area contributed by atoms with E-state index in [2.05, 4.69) is 17.5 Å². The minimum atomic E-state index is -0.0130. The van der Waals surface area contributed by atoms with Crippen LogP contribution in [0.3, 0.4) is 0 Å². The molecule has 0 unspecified atom stereocenters. The van der Waals surface area contributed by atoms with Gasteiger partial charge in [-0.25, -0.2) is 4.79 Å². The molecule has 3 rings (SSSR count). The Hall–Kier alpha value is -1.97. The third kappa shape index (κ3) is 4.27. The predicted molar refractivity (Wildman–Crippen MR) is 91.8 cm³/mol. The Balaban J connectivity index is 1.39. The van der Waals surface area contributed by atoms with Gasteiger partial charge < -0.3 is 15.0 Å². The van der Waals surface area contributed by atoms with Crippen LogP contribution in [0.4, 0.5) is 4.79 Å². The number of likely N-dealkylation sites (N-methyl/N-ethyl adjacent to an activating group) is 1. The maximum absolute atomic E-state index is 12.2. The maximum Gasteiger partial charge on any atom is 0.317 e. The van der Waals surface area contributed by atoms with Crippen molar-refractivity contribution in [2.24, 2.45) is 0 Å². The summed E-state index contributed by atoms with van der Waals surface area (Å²) >= 11 is 0. The summed E-state index contributed by atoms with van der Waals surface area (Å²) < 4.78 is 5.90. The second-order valence-corrected chi connectivity index (χ2v) is 6.52. The second-order valence-electron chi connectivity index (χ2n) is 6.52. The lowest BCUT2D eigenvalue weighted by atomic mass is 9.97. The van der Waals surface area contributed by atoms with Crippen molar-refractivity contribution in [1.82, 2.24) is 10.2 Å². The van der Waals surface area contributed by atoms with Crippen molar-refractivity contribution in [3.05, 3.63) is 41.5 Å². The molecule has 4 nitrogen and oxygen atoms in total. The number of amides is 2. The topological polar surface area (TPSA) is 41.6 Å². The molecule has 1 N–H and O–H groups in total. The van der Waals surface area contributed by atoms with Crippen molar-refractivity contribution in [3.8, 4) is 5.75 Å². The highest BCUT2D eigenvalue weighted by molar-refractivity contribution is 5.73. The lowest BCUT2D eigenvalue weighted by Crippen LogP contribution is -2.42. The second kappa shape index (κ2) is 7.53. The minimum Gasteiger partial charge on any atom is -0.488 e. The third-order valence-electron chi connectivity index (χ3n) is 4.65. The lowest BCUT2D eigenvalue weighted by molar-refractivity contribution is 0.164. The number of ether oxygens (including phenoxy) is 1. The van der Waals surface area contributed by atoms with E-state index in [9.17, 15) is 4.79 Å². The highest BCUT2D eigenvalue weighted by atomic mass is 16.5. The molecule has 124 valence electrons. The molecular weight excluding hydrogens is 288 g/mol. The molecule has 0 bridgehead atoms. The van der Waals surface area contributed by atoms with Crippen LogP contribution in [0, 0.1) is 0 Å². The van der Waals surface area contributed by atoms with Gasteiger partial charge in [0.2, 0.25) is 0 Å². The van der Waals surface area contributed by atoms with Crippen LogP contribution in [0.2, 0.25) is 0 Å². The van der Waals surface area contributed by atoms with E-state index in [4.69, 9.17) is 4.74 Å². The summed E-state index contributed by atoms with van der Waals surface area (Å²) in [5, 5.41) is 3.02. The zero-order valence-electron chi connectivity index (χ0n) is 13.9. The fraction of sp³-hybridized carbons (Fsp3) is 0.526. The van der Waals surface area contributed by atoms with Crippen molar-refractivity contribution >= 4 is 6.03 Å². The molecule has 1 aliphatic heterocycles. The van der Waals surface area contributed by atoms with Gasteiger partial charge in [-0.05, 0) is 43.7 Å². The largest absolute Gasteiger partial charge is 0.488 e. The van der Waals surface area contributed by atoms with Gasteiger partial charge in [-0.15, -0.1) is 0 Å². The molecule has 1 aliphatic carbocycles. The molecule has 1 aromatic carbocycles. The summed E-state index contributed by atoms with van der Waals surface area (Å²) in [6.07, 6.45) is 9.24. The molecule has 0 saturated heterocycles. The number of hydrogen-bond acceptors (Lipinski definition) is 2. The Labute approximate surface area is 138 Å². The summed E-state index contributed by atoms with van der Waals surface area (Å²) in [6.45, 7) is 1.34. The Kier molecular flexibility index (Phi) is 5.21. The molecule has 0 fully saturated rings. The molecule has 4 heteroatoms. The molecular formula is C19H26N2O2. The summed E-state index contributed by atoms with van der Waals surface area (Å²) in [4.78, 5) is 13.9. The minimum absolute atomic E-state index is 0.0130. The zero-order valence-corrected chi connectivity index (χ0v) is 13.9. The first-order chi connectivity index (χ1) is 11.2. The first-order valence-corrected chi connectivity index (χ1v) is 8.64. The zero-order chi connectivity index (χ0) is 16.1. The number of allylic oxidation sites excluding steroid dienone is 1. The van der Waals surface area contributed by atoms with Gasteiger partial charge in [0.05, 0.1) is 6.54 Å². The van der Waals surface area contributed by atoms with Crippen LogP contribution in [0.1, 0.15) is 37.7 Å². The number of hydrogen-bond donors (Lipinski definition) is 1. The summed E-state index contributed by atoms with van der Waals surface area (Å²) in [5.74, 6) is 0.954. The molecule has 1 heterocycles. The van der Waals surface area contributed by atoms with Crippen molar-refractivity contribution < 1.29 is 9.53 Å². The number of nitrogens with one attached hydrogen (secondary N) is 1. The molecule has 0 spiro atoms. The lowest BCUT2D eigenvalue weighted by Gasteiger charge is -2.22. The van der Waals surface area contributed by atoms with Crippen LogP contribution in [0.25, 0.3) is 0 Å². The van der Waals surface area contributed by atoms with Crippen LogP contribution < -0.4 is 10.1 Å². The Morgan fingerprint density at radius 3 is 3.00 bits per heavy atom. The van der Waals surface area contributed by atoms with Gasteiger partial charge in [0.1, 0.15) is 11.9 Å². The normalized spacial score (nSPS) is 19.5. The summed E-state index contributed by atoms with van der Waals surface area (Å²) in [6, 6.07) is 8.08. The number of rotatable bonds is 5. The number of carbonyl (C=O) groups is 1. The number of fused-ring (bicyclic) bond motifs is 1. The van der Waals surface area contributed by atoms with E-state index in [1.807, 2.05) is 25.2 Å². The van der Waals surface area contributed by atoms with E-state index in [1.54, 1.807) is 4.90 Å². The fourth-order valence-corrected chi connectivity index (χ4v) is 3.34. The van der Waals surface area contributed by atoms with Gasteiger partial charge in [0.25, 0.3) is 0 Å². The van der Waals surface area contributed by atoms with Gasteiger partial charge in [-0.1, -0.05) is 29.8 Å². The maximum atomic E-state index is 12.2. The summed E-state index contributed by atoms with van der Waals surface area (Å²) in [7, 11) is 1.83. The van der Waals surface area contributed by atoms with Gasteiger partial charge in [-0.2, -0.15) is 0 Å². The molecule has 0 aromatic heterocycles. The quantitative estimate of drug-likeness (QED) is 0.845. The van der Waals surface area contributed by atoms with Crippen LogP contribution in [0.5, 0.6) is 5.75 Å². The van der Waals surface area contributed by atoms with Crippen molar-refractivity contribution in [1.29, 1.82) is 0 Å². The van der Waals surface area contributed by atoms with Gasteiger partial charge in [0.15, 0.2) is 0 Å². The number of benzene rings is 1.